The third-order valence-corrected chi connectivity index (χ3v) is 6.77. The molecule has 0 aromatic heterocycles. The second-order valence-corrected chi connectivity index (χ2v) is 10.6. The number of hydrogen-bond donors (Lipinski definition) is 3. The highest BCUT2D eigenvalue weighted by molar-refractivity contribution is 7.92. The third-order valence-electron chi connectivity index (χ3n) is 4.44. The number of nitrogens with one attached hydrogen (secondary N) is 2. The van der Waals surface area contributed by atoms with Gasteiger partial charge in [0.05, 0.1) is 9.79 Å². The molecule has 3 rings (SSSR count). The molecule has 0 atom stereocenters. The summed E-state index contributed by atoms with van der Waals surface area (Å²) in [5, 5.41) is 7.59. The van der Waals surface area contributed by atoms with E-state index in [1.165, 1.54) is 48.5 Å². The zero-order valence-corrected chi connectivity index (χ0v) is 19.5. The van der Waals surface area contributed by atoms with Gasteiger partial charge >= 0.3 is 0 Å². The normalized spacial score (nSPS) is 11.6. The van der Waals surface area contributed by atoms with Crippen LogP contribution in [0, 0.1) is 13.8 Å². The van der Waals surface area contributed by atoms with E-state index in [0.717, 1.165) is 11.1 Å². The number of primary sulfonamides is 1. The molecule has 0 bridgehead atoms. The highest BCUT2D eigenvalue weighted by atomic mass is 32.2. The molecule has 0 fully saturated rings. The summed E-state index contributed by atoms with van der Waals surface area (Å²) >= 11 is 0. The monoisotopic (exact) mass is 489 g/mol. The largest absolute Gasteiger partial charge is 0.484 e. The molecule has 4 N–H and O–H groups in total. The van der Waals surface area contributed by atoms with E-state index < -0.39 is 26.0 Å². The molecule has 11 heteroatoms. The van der Waals surface area contributed by atoms with Gasteiger partial charge in [-0.1, -0.05) is 6.07 Å². The van der Waals surface area contributed by atoms with E-state index in [1.807, 2.05) is 19.9 Å². The smallest absolute Gasteiger partial charge is 0.262 e. The Labute approximate surface area is 192 Å². The summed E-state index contributed by atoms with van der Waals surface area (Å²) in [5.41, 5.74) is 2.72. The summed E-state index contributed by atoms with van der Waals surface area (Å²) in [6.45, 7) is 3.43. The number of ether oxygens (including phenoxy) is 1. The number of sulfonamides is 2. The van der Waals surface area contributed by atoms with E-state index in [1.54, 1.807) is 12.1 Å². The predicted molar refractivity (Wildman–Crippen MR) is 125 cm³/mol. The molecule has 0 unspecified atom stereocenters. The van der Waals surface area contributed by atoms with Crippen molar-refractivity contribution in [3.8, 4) is 5.75 Å². The van der Waals surface area contributed by atoms with Crippen molar-refractivity contribution in [1.29, 1.82) is 0 Å². The van der Waals surface area contributed by atoms with Crippen molar-refractivity contribution < 1.29 is 26.4 Å². The van der Waals surface area contributed by atoms with Gasteiger partial charge in [0.25, 0.3) is 15.9 Å². The van der Waals surface area contributed by atoms with Crippen molar-refractivity contribution in [2.45, 2.75) is 23.6 Å². The Kier molecular flexibility index (Phi) is 7.06. The molecule has 0 heterocycles. The van der Waals surface area contributed by atoms with E-state index in [4.69, 9.17) is 9.88 Å². The molecule has 9 nitrogen and oxygen atoms in total. The zero-order valence-electron chi connectivity index (χ0n) is 17.9. The third kappa shape index (κ3) is 6.78. The topological polar surface area (TPSA) is 145 Å². The Hall–Kier alpha value is -3.41. The zero-order chi connectivity index (χ0) is 24.2. The number of anilines is 2. The Morgan fingerprint density at radius 3 is 1.91 bits per heavy atom. The van der Waals surface area contributed by atoms with Crippen LogP contribution in [0.4, 0.5) is 11.4 Å². The van der Waals surface area contributed by atoms with Crippen molar-refractivity contribution >= 4 is 37.3 Å². The molecule has 174 valence electrons. The average molecular weight is 490 g/mol. The van der Waals surface area contributed by atoms with E-state index in [2.05, 4.69) is 10.0 Å². The van der Waals surface area contributed by atoms with Crippen molar-refractivity contribution in [3.05, 3.63) is 77.9 Å². The van der Waals surface area contributed by atoms with Crippen molar-refractivity contribution in [2.75, 3.05) is 16.6 Å². The lowest BCUT2D eigenvalue weighted by Gasteiger charge is -2.11. The van der Waals surface area contributed by atoms with Gasteiger partial charge < -0.3 is 10.1 Å². The van der Waals surface area contributed by atoms with Gasteiger partial charge in [-0.2, -0.15) is 0 Å². The summed E-state index contributed by atoms with van der Waals surface area (Å²) in [6, 6.07) is 16.4. The van der Waals surface area contributed by atoms with Gasteiger partial charge in [0.1, 0.15) is 5.75 Å². The van der Waals surface area contributed by atoms with Gasteiger partial charge in [-0.15, -0.1) is 0 Å². The van der Waals surface area contributed by atoms with Crippen LogP contribution in [0.1, 0.15) is 11.1 Å². The summed E-state index contributed by atoms with van der Waals surface area (Å²) in [7, 11) is -7.60. The highest BCUT2D eigenvalue weighted by Gasteiger charge is 2.15. The summed E-state index contributed by atoms with van der Waals surface area (Å²) in [5.74, 6) is -0.174. The first-order chi connectivity index (χ1) is 15.4. The molecule has 0 aliphatic heterocycles. The van der Waals surface area contributed by atoms with Crippen LogP contribution in [0.5, 0.6) is 5.75 Å². The fourth-order valence-electron chi connectivity index (χ4n) is 3.04. The number of aryl methyl sites for hydroxylation is 2. The first-order valence-corrected chi connectivity index (χ1v) is 12.7. The van der Waals surface area contributed by atoms with E-state index in [0.29, 0.717) is 17.1 Å². The minimum atomic E-state index is -3.81. The number of rotatable bonds is 8. The lowest BCUT2D eigenvalue weighted by molar-refractivity contribution is -0.118. The van der Waals surface area contributed by atoms with Crippen LogP contribution < -0.4 is 19.9 Å². The van der Waals surface area contributed by atoms with Crippen LogP contribution in [0.3, 0.4) is 0 Å². The number of carbonyl (C=O) groups excluding carboxylic acids is 1. The van der Waals surface area contributed by atoms with Gasteiger partial charge in [-0.3, -0.25) is 9.52 Å². The second kappa shape index (κ2) is 9.61. The summed E-state index contributed by atoms with van der Waals surface area (Å²) in [6.07, 6.45) is 0. The van der Waals surface area contributed by atoms with Crippen LogP contribution in [0.25, 0.3) is 0 Å². The molecular formula is C22H23N3O6S2. The van der Waals surface area contributed by atoms with Gasteiger partial charge in [-0.25, -0.2) is 22.0 Å². The van der Waals surface area contributed by atoms with Gasteiger partial charge in [0.15, 0.2) is 6.61 Å². The fourth-order valence-corrected chi connectivity index (χ4v) is 4.59. The first-order valence-electron chi connectivity index (χ1n) is 9.69. The second-order valence-electron chi connectivity index (χ2n) is 7.36. The molecule has 33 heavy (non-hydrogen) atoms. The predicted octanol–water partition coefficient (Wildman–Crippen LogP) is 2.77. The van der Waals surface area contributed by atoms with Gasteiger partial charge in [0, 0.05) is 11.4 Å². The molecule has 0 spiro atoms. The average Bonchev–Trinajstić information content (AvgIpc) is 2.71. The highest BCUT2D eigenvalue weighted by Crippen LogP contribution is 2.21. The van der Waals surface area contributed by atoms with Gasteiger partial charge in [-0.05, 0) is 85.6 Å². The molecule has 3 aromatic carbocycles. The SMILES string of the molecule is Cc1cc(C)cc(NS(=O)(=O)c2ccc(OCC(=O)Nc3ccc(S(N)(=O)=O)cc3)cc2)c1. The maximum absolute atomic E-state index is 12.6. The Morgan fingerprint density at radius 1 is 0.818 bits per heavy atom. The number of carbonyl (C=O) groups is 1. The molecule has 0 aliphatic carbocycles. The van der Waals surface area contributed by atoms with Crippen molar-refractivity contribution in [2.24, 2.45) is 5.14 Å². The van der Waals surface area contributed by atoms with Crippen molar-refractivity contribution in [1.82, 2.24) is 0 Å². The Morgan fingerprint density at radius 2 is 1.36 bits per heavy atom. The van der Waals surface area contributed by atoms with Crippen molar-refractivity contribution in [3.63, 3.8) is 0 Å². The van der Waals surface area contributed by atoms with E-state index in [-0.39, 0.29) is 16.4 Å². The van der Waals surface area contributed by atoms with Crippen LogP contribution in [0.2, 0.25) is 0 Å². The molecular weight excluding hydrogens is 466 g/mol. The van der Waals surface area contributed by atoms with Crippen LogP contribution in [-0.2, 0) is 24.8 Å². The number of amides is 1. The molecule has 0 aliphatic rings. The van der Waals surface area contributed by atoms with E-state index >= 15 is 0 Å². The van der Waals surface area contributed by atoms with E-state index in [9.17, 15) is 21.6 Å². The molecule has 0 saturated carbocycles. The maximum Gasteiger partial charge on any atom is 0.262 e. The standard InChI is InChI=1S/C22H23N3O6S2/c1-15-11-16(2)13-18(12-15)25-33(29,30)21-9-5-19(6-10-21)31-14-22(26)24-17-3-7-20(8-4-17)32(23,27)28/h3-13,25H,14H2,1-2H3,(H,24,26)(H2,23,27,28). The minimum absolute atomic E-state index is 0.0495. The molecule has 3 aromatic rings. The minimum Gasteiger partial charge on any atom is -0.484 e. The lowest BCUT2D eigenvalue weighted by Crippen LogP contribution is -2.20. The Balaban J connectivity index is 1.58. The summed E-state index contributed by atoms with van der Waals surface area (Å²) in [4.78, 5) is 12.0. The molecule has 0 radical (unpaired) electrons. The number of hydrogen-bond acceptors (Lipinski definition) is 6. The fraction of sp³-hybridized carbons (Fsp3) is 0.136. The van der Waals surface area contributed by atoms with Gasteiger partial charge in [0.2, 0.25) is 10.0 Å². The lowest BCUT2D eigenvalue weighted by atomic mass is 10.1. The quantitative estimate of drug-likeness (QED) is 0.444. The van der Waals surface area contributed by atoms with Crippen LogP contribution in [0.15, 0.2) is 76.5 Å². The molecule has 0 saturated heterocycles. The van der Waals surface area contributed by atoms with Crippen LogP contribution in [-0.4, -0.2) is 29.3 Å². The van der Waals surface area contributed by atoms with Crippen LogP contribution >= 0.6 is 0 Å². The molecule has 1 amide bonds. The number of nitrogens with two attached hydrogens (primary N) is 1. The number of benzene rings is 3. The summed E-state index contributed by atoms with van der Waals surface area (Å²) < 4.78 is 55.7. The Bertz CT molecular complexity index is 1350. The first kappa shape index (κ1) is 24.2. The maximum atomic E-state index is 12.6.